The van der Waals surface area contributed by atoms with E-state index in [-0.39, 0.29) is 22.7 Å². The van der Waals surface area contributed by atoms with Crippen LogP contribution in [-0.4, -0.2) is 14.8 Å². The average molecular weight is 429 g/mol. The van der Waals surface area contributed by atoms with Crippen molar-refractivity contribution in [1.29, 1.82) is 0 Å². The van der Waals surface area contributed by atoms with Crippen molar-refractivity contribution in [1.82, 2.24) is 14.8 Å². The number of thioether (sulfide) groups is 1. The van der Waals surface area contributed by atoms with E-state index in [1.165, 1.54) is 18.2 Å². The maximum Gasteiger partial charge on any atom is 0.416 e. The number of benzene rings is 3. The minimum Gasteiger partial charge on any atom is -0.270 e. The van der Waals surface area contributed by atoms with E-state index in [0.29, 0.717) is 10.8 Å². The zero-order chi connectivity index (χ0) is 21.1. The molecule has 0 atom stereocenters. The van der Waals surface area contributed by atoms with Crippen molar-refractivity contribution in [3.05, 3.63) is 95.8 Å². The number of rotatable bonds is 5. The zero-order valence-electron chi connectivity index (χ0n) is 15.5. The van der Waals surface area contributed by atoms with Crippen molar-refractivity contribution >= 4 is 11.8 Å². The van der Waals surface area contributed by atoms with Crippen LogP contribution >= 0.6 is 11.8 Å². The molecule has 152 valence electrons. The minimum absolute atomic E-state index is 0.0396. The molecule has 3 nitrogen and oxygen atoms in total. The Bertz CT molecular complexity index is 1160. The predicted molar refractivity (Wildman–Crippen MR) is 108 cm³/mol. The van der Waals surface area contributed by atoms with Gasteiger partial charge in [-0.15, -0.1) is 10.2 Å². The summed E-state index contributed by atoms with van der Waals surface area (Å²) < 4.78 is 56.0. The molecule has 0 radical (unpaired) electrons. The van der Waals surface area contributed by atoms with Crippen molar-refractivity contribution in [2.24, 2.45) is 0 Å². The third-order valence-electron chi connectivity index (χ3n) is 4.44. The fourth-order valence-electron chi connectivity index (χ4n) is 3.06. The molecule has 4 rings (SSSR count). The Labute approximate surface area is 174 Å². The third-order valence-corrected chi connectivity index (χ3v) is 5.42. The molecule has 30 heavy (non-hydrogen) atoms. The number of hydrogen-bond acceptors (Lipinski definition) is 3. The van der Waals surface area contributed by atoms with E-state index >= 15 is 0 Å². The molecule has 0 aliphatic heterocycles. The standard InChI is InChI=1S/C22H15F4N3S/c23-19-13-7-5-11-17(19)20-27-28-21(29(20)16-9-2-1-3-10-16)30-14-15-8-4-6-12-18(15)22(24,25)26/h1-13H,14H2. The van der Waals surface area contributed by atoms with Crippen molar-refractivity contribution in [2.45, 2.75) is 17.1 Å². The fraction of sp³-hybridized carbons (Fsp3) is 0.0909. The van der Waals surface area contributed by atoms with E-state index < -0.39 is 17.6 Å². The van der Waals surface area contributed by atoms with Crippen LogP contribution < -0.4 is 0 Å². The van der Waals surface area contributed by atoms with Crippen molar-refractivity contribution in [3.63, 3.8) is 0 Å². The van der Waals surface area contributed by atoms with Gasteiger partial charge in [0.05, 0.1) is 11.1 Å². The first kappa shape index (κ1) is 20.2. The second kappa shape index (κ2) is 8.31. The van der Waals surface area contributed by atoms with Gasteiger partial charge in [-0.2, -0.15) is 13.2 Å². The molecule has 0 unspecified atom stereocenters. The van der Waals surface area contributed by atoms with E-state index in [9.17, 15) is 17.6 Å². The number of para-hydroxylation sites is 1. The number of hydrogen-bond donors (Lipinski definition) is 0. The van der Waals surface area contributed by atoms with E-state index in [0.717, 1.165) is 17.8 Å². The molecule has 3 aromatic carbocycles. The van der Waals surface area contributed by atoms with Crippen LogP contribution in [0, 0.1) is 5.82 Å². The van der Waals surface area contributed by atoms with Crippen LogP contribution in [0.1, 0.15) is 11.1 Å². The molecule has 0 aliphatic carbocycles. The molecule has 0 saturated heterocycles. The molecule has 0 saturated carbocycles. The molecule has 0 fully saturated rings. The summed E-state index contributed by atoms with van der Waals surface area (Å²) in [7, 11) is 0. The summed E-state index contributed by atoms with van der Waals surface area (Å²) >= 11 is 1.11. The Morgan fingerprint density at radius 3 is 2.20 bits per heavy atom. The Morgan fingerprint density at radius 1 is 0.800 bits per heavy atom. The van der Waals surface area contributed by atoms with Crippen LogP contribution in [0.4, 0.5) is 17.6 Å². The summed E-state index contributed by atoms with van der Waals surface area (Å²) in [5.74, 6) is -0.135. The van der Waals surface area contributed by atoms with E-state index in [4.69, 9.17) is 0 Å². The molecular formula is C22H15F4N3S. The second-order valence-electron chi connectivity index (χ2n) is 6.40. The number of halogens is 4. The van der Waals surface area contributed by atoms with E-state index in [1.807, 2.05) is 18.2 Å². The molecule has 0 aliphatic rings. The first-order valence-electron chi connectivity index (χ1n) is 8.99. The number of aromatic nitrogens is 3. The second-order valence-corrected chi connectivity index (χ2v) is 7.34. The van der Waals surface area contributed by atoms with Crippen molar-refractivity contribution < 1.29 is 17.6 Å². The summed E-state index contributed by atoms with van der Waals surface area (Å²) in [6.07, 6.45) is -4.44. The summed E-state index contributed by atoms with van der Waals surface area (Å²) in [5, 5.41) is 8.65. The summed E-state index contributed by atoms with van der Waals surface area (Å²) in [6, 6.07) is 20.7. The molecule has 8 heteroatoms. The Morgan fingerprint density at radius 2 is 1.47 bits per heavy atom. The lowest BCUT2D eigenvalue weighted by molar-refractivity contribution is -0.138. The van der Waals surface area contributed by atoms with Crippen molar-refractivity contribution in [2.75, 3.05) is 0 Å². The Hall–Kier alpha value is -3.13. The van der Waals surface area contributed by atoms with Crippen LogP contribution in [0.5, 0.6) is 0 Å². The molecule has 0 amide bonds. The number of nitrogens with zero attached hydrogens (tertiary/aromatic N) is 3. The molecule has 1 heterocycles. The van der Waals surface area contributed by atoms with Gasteiger partial charge in [-0.1, -0.05) is 60.3 Å². The molecule has 0 bridgehead atoms. The highest BCUT2D eigenvalue weighted by Crippen LogP contribution is 2.36. The van der Waals surface area contributed by atoms with E-state index in [1.54, 1.807) is 41.0 Å². The highest BCUT2D eigenvalue weighted by atomic mass is 32.2. The average Bonchev–Trinajstić information content (AvgIpc) is 3.16. The maximum absolute atomic E-state index is 14.4. The lowest BCUT2D eigenvalue weighted by atomic mass is 10.1. The minimum atomic E-state index is -4.44. The first-order chi connectivity index (χ1) is 14.4. The van der Waals surface area contributed by atoms with Crippen molar-refractivity contribution in [3.8, 4) is 17.1 Å². The van der Waals surface area contributed by atoms with Gasteiger partial charge in [-0.05, 0) is 35.9 Å². The molecule has 1 aromatic heterocycles. The zero-order valence-corrected chi connectivity index (χ0v) is 16.3. The van der Waals surface area contributed by atoms with Gasteiger partial charge in [0.15, 0.2) is 11.0 Å². The van der Waals surface area contributed by atoms with Crippen LogP contribution in [0.25, 0.3) is 17.1 Å². The van der Waals surface area contributed by atoms with E-state index in [2.05, 4.69) is 10.2 Å². The highest BCUT2D eigenvalue weighted by Gasteiger charge is 2.33. The van der Waals surface area contributed by atoms with Crippen LogP contribution in [0.15, 0.2) is 84.0 Å². The summed E-state index contributed by atoms with van der Waals surface area (Å²) in [4.78, 5) is 0. The largest absolute Gasteiger partial charge is 0.416 e. The maximum atomic E-state index is 14.4. The monoisotopic (exact) mass is 429 g/mol. The number of alkyl halides is 3. The van der Waals surface area contributed by atoms with Crippen LogP contribution in [-0.2, 0) is 11.9 Å². The van der Waals surface area contributed by atoms with Gasteiger partial charge in [0.1, 0.15) is 5.82 Å². The fourth-order valence-corrected chi connectivity index (χ4v) is 4.01. The quantitative estimate of drug-likeness (QED) is 0.272. The molecule has 0 N–H and O–H groups in total. The first-order valence-corrected chi connectivity index (χ1v) is 9.97. The summed E-state index contributed by atoms with van der Waals surface area (Å²) in [5.41, 5.74) is 0.409. The van der Waals surface area contributed by atoms with Gasteiger partial charge in [0.25, 0.3) is 0 Å². The van der Waals surface area contributed by atoms with Gasteiger partial charge in [-0.3, -0.25) is 4.57 Å². The van der Waals surface area contributed by atoms with Crippen LogP contribution in [0.3, 0.4) is 0 Å². The van der Waals surface area contributed by atoms with Crippen LogP contribution in [0.2, 0.25) is 0 Å². The topological polar surface area (TPSA) is 30.7 Å². The smallest absolute Gasteiger partial charge is 0.270 e. The molecular weight excluding hydrogens is 414 g/mol. The molecule has 4 aromatic rings. The predicted octanol–water partition coefficient (Wildman–Crippen LogP) is 6.38. The summed E-state index contributed by atoms with van der Waals surface area (Å²) in [6.45, 7) is 0. The normalized spacial score (nSPS) is 11.6. The lowest BCUT2D eigenvalue weighted by Gasteiger charge is -2.13. The lowest BCUT2D eigenvalue weighted by Crippen LogP contribution is -2.08. The van der Waals surface area contributed by atoms with Gasteiger partial charge in [0, 0.05) is 11.4 Å². The third kappa shape index (κ3) is 4.09. The highest BCUT2D eigenvalue weighted by molar-refractivity contribution is 7.98. The Balaban J connectivity index is 1.75. The Kier molecular flexibility index (Phi) is 5.59. The SMILES string of the molecule is Fc1ccccc1-c1nnc(SCc2ccccc2C(F)(F)F)n1-c1ccccc1. The van der Waals surface area contributed by atoms with Gasteiger partial charge >= 0.3 is 6.18 Å². The van der Waals surface area contributed by atoms with Gasteiger partial charge in [0.2, 0.25) is 0 Å². The van der Waals surface area contributed by atoms with Gasteiger partial charge in [-0.25, -0.2) is 4.39 Å². The van der Waals surface area contributed by atoms with Gasteiger partial charge < -0.3 is 0 Å². The molecule has 0 spiro atoms.